The highest BCUT2D eigenvalue weighted by atomic mass is 16.5. The van der Waals surface area contributed by atoms with E-state index in [1.807, 2.05) is 42.5 Å². The van der Waals surface area contributed by atoms with Gasteiger partial charge < -0.3 is 13.9 Å². The number of aromatic nitrogens is 1. The lowest BCUT2D eigenvalue weighted by atomic mass is 9.87. The molecule has 0 amide bonds. The molecule has 3 aromatic rings. The van der Waals surface area contributed by atoms with E-state index in [1.165, 1.54) is 0 Å². The summed E-state index contributed by atoms with van der Waals surface area (Å²) in [7, 11) is 0. The van der Waals surface area contributed by atoms with E-state index in [1.54, 1.807) is 19.2 Å². The number of aryl methyl sites for hydroxylation is 1. The van der Waals surface area contributed by atoms with Gasteiger partial charge in [0.2, 0.25) is 0 Å². The number of hydrogen-bond donors (Lipinski definition) is 0. The Morgan fingerprint density at radius 2 is 1.96 bits per heavy atom. The lowest BCUT2D eigenvalue weighted by Gasteiger charge is -2.25. The number of pyridine rings is 1. The van der Waals surface area contributed by atoms with Gasteiger partial charge in [0.05, 0.1) is 17.7 Å². The van der Waals surface area contributed by atoms with E-state index in [0.29, 0.717) is 17.1 Å². The summed E-state index contributed by atoms with van der Waals surface area (Å²) >= 11 is 0. The van der Waals surface area contributed by atoms with Crippen molar-refractivity contribution < 1.29 is 18.7 Å². The van der Waals surface area contributed by atoms with Crippen LogP contribution in [0, 0.1) is 6.92 Å². The molecule has 4 rings (SSSR count). The topological polar surface area (TPSA) is 78.6 Å². The summed E-state index contributed by atoms with van der Waals surface area (Å²) < 4.78 is 16.4. The Balaban J connectivity index is 1.72. The molecule has 0 unspecified atom stereocenters. The van der Waals surface area contributed by atoms with Crippen LogP contribution in [0.1, 0.15) is 34.9 Å². The Kier molecular flexibility index (Phi) is 4.46. The minimum atomic E-state index is -0.498. The Bertz CT molecular complexity index is 1040. The number of rotatable bonds is 4. The molecule has 1 aliphatic rings. The molecule has 0 bridgehead atoms. The van der Waals surface area contributed by atoms with Crippen molar-refractivity contribution in [3.05, 3.63) is 87.7 Å². The monoisotopic (exact) mass is 363 g/mol. The number of esters is 1. The number of benzene rings is 1. The van der Waals surface area contributed by atoms with Crippen molar-refractivity contribution >= 4 is 5.97 Å². The molecule has 136 valence electrons. The van der Waals surface area contributed by atoms with Gasteiger partial charge in [0.25, 0.3) is 0 Å². The van der Waals surface area contributed by atoms with Gasteiger partial charge in [-0.25, -0.2) is 4.79 Å². The van der Waals surface area contributed by atoms with Gasteiger partial charge in [0.1, 0.15) is 23.9 Å². The van der Waals surface area contributed by atoms with Crippen molar-refractivity contribution in [1.29, 1.82) is 0 Å². The lowest BCUT2D eigenvalue weighted by molar-refractivity contribution is -0.135. The molecule has 1 atom stereocenters. The maximum atomic E-state index is 12.5. The van der Waals surface area contributed by atoms with Crippen molar-refractivity contribution in [1.82, 2.24) is 4.98 Å². The fraction of sp³-hybridized carbons (Fsp3) is 0.190. The number of hydrogen-bond acceptors (Lipinski definition) is 6. The van der Waals surface area contributed by atoms with Crippen LogP contribution >= 0.6 is 0 Å². The second-order valence-electron chi connectivity index (χ2n) is 6.30. The average Bonchev–Trinajstić information content (AvgIpc) is 2.66. The van der Waals surface area contributed by atoms with Crippen LogP contribution in [-0.2, 0) is 11.4 Å². The third-order valence-electron chi connectivity index (χ3n) is 4.41. The zero-order valence-electron chi connectivity index (χ0n) is 14.7. The maximum Gasteiger partial charge on any atom is 0.343 e. The van der Waals surface area contributed by atoms with Crippen LogP contribution < -0.4 is 15.1 Å². The molecule has 0 aliphatic carbocycles. The first-order valence-electron chi connectivity index (χ1n) is 8.59. The quantitative estimate of drug-likeness (QED) is 0.662. The highest BCUT2D eigenvalue weighted by Gasteiger charge is 2.33. The zero-order chi connectivity index (χ0) is 18.8. The third kappa shape index (κ3) is 3.46. The van der Waals surface area contributed by atoms with Crippen molar-refractivity contribution in [2.24, 2.45) is 0 Å². The first-order valence-corrected chi connectivity index (χ1v) is 8.59. The minimum Gasteiger partial charge on any atom is -0.487 e. The molecular weight excluding hydrogens is 346 g/mol. The number of fused-ring (bicyclic) bond motifs is 1. The molecule has 0 N–H and O–H groups in total. The van der Waals surface area contributed by atoms with E-state index in [-0.39, 0.29) is 18.8 Å². The van der Waals surface area contributed by atoms with E-state index < -0.39 is 17.5 Å². The number of carbonyl (C=O) groups is 1. The van der Waals surface area contributed by atoms with E-state index in [0.717, 1.165) is 11.3 Å². The van der Waals surface area contributed by atoms with Crippen LogP contribution in [0.4, 0.5) is 0 Å². The molecule has 0 saturated carbocycles. The summed E-state index contributed by atoms with van der Waals surface area (Å²) in [5, 5.41) is 0. The van der Waals surface area contributed by atoms with Gasteiger partial charge in [0.15, 0.2) is 0 Å². The van der Waals surface area contributed by atoms with Gasteiger partial charge in [0, 0.05) is 23.7 Å². The molecule has 6 heteroatoms. The molecule has 0 spiro atoms. The molecule has 2 aromatic heterocycles. The number of nitrogens with zero attached hydrogens (tertiary/aromatic N) is 1. The SMILES string of the molecule is Cc1cc2c(c(=O)o1)[C@H](c1ccccc1OCc1ccccn1)CC(=O)O2. The molecule has 0 saturated heterocycles. The predicted molar refractivity (Wildman–Crippen MR) is 96.8 cm³/mol. The average molecular weight is 363 g/mol. The summed E-state index contributed by atoms with van der Waals surface area (Å²) in [6, 6.07) is 14.5. The highest BCUT2D eigenvalue weighted by molar-refractivity contribution is 5.77. The van der Waals surface area contributed by atoms with Crippen LogP contribution in [0.25, 0.3) is 0 Å². The first-order chi connectivity index (χ1) is 13.1. The van der Waals surface area contributed by atoms with Gasteiger partial charge in [-0.15, -0.1) is 0 Å². The number of carbonyl (C=O) groups excluding carboxylic acids is 1. The largest absolute Gasteiger partial charge is 0.487 e. The second-order valence-corrected chi connectivity index (χ2v) is 6.30. The van der Waals surface area contributed by atoms with Crippen LogP contribution in [0.5, 0.6) is 11.5 Å². The fourth-order valence-corrected chi connectivity index (χ4v) is 3.23. The Hall–Kier alpha value is -3.41. The van der Waals surface area contributed by atoms with Crippen LogP contribution in [0.2, 0.25) is 0 Å². The standard InChI is InChI=1S/C21H17NO5/c1-13-10-18-20(21(24)26-13)16(11-19(23)27-18)15-7-2-3-8-17(15)25-12-14-6-4-5-9-22-14/h2-10,16H,11-12H2,1H3/t16-/m0/s1. The van der Waals surface area contributed by atoms with Gasteiger partial charge in [-0.1, -0.05) is 24.3 Å². The summed E-state index contributed by atoms with van der Waals surface area (Å²) in [4.78, 5) is 28.8. The fourth-order valence-electron chi connectivity index (χ4n) is 3.23. The summed E-state index contributed by atoms with van der Waals surface area (Å²) in [5.74, 6) is 0.361. The highest BCUT2D eigenvalue weighted by Crippen LogP contribution is 2.40. The summed E-state index contributed by atoms with van der Waals surface area (Å²) in [6.45, 7) is 1.92. The van der Waals surface area contributed by atoms with Crippen molar-refractivity contribution in [3.63, 3.8) is 0 Å². The van der Waals surface area contributed by atoms with Crippen LogP contribution in [-0.4, -0.2) is 11.0 Å². The zero-order valence-corrected chi connectivity index (χ0v) is 14.7. The Morgan fingerprint density at radius 1 is 1.15 bits per heavy atom. The number of para-hydroxylation sites is 1. The van der Waals surface area contributed by atoms with Crippen molar-refractivity contribution in [3.8, 4) is 11.5 Å². The van der Waals surface area contributed by atoms with Crippen molar-refractivity contribution in [2.45, 2.75) is 25.9 Å². The first kappa shape index (κ1) is 17.0. The van der Waals surface area contributed by atoms with E-state index in [4.69, 9.17) is 13.9 Å². The van der Waals surface area contributed by atoms with E-state index in [9.17, 15) is 9.59 Å². The second kappa shape index (κ2) is 7.07. The molecule has 0 fully saturated rings. The summed E-state index contributed by atoms with van der Waals surface area (Å²) in [5.41, 5.74) is 1.37. The van der Waals surface area contributed by atoms with Crippen LogP contribution in [0.3, 0.4) is 0 Å². The van der Waals surface area contributed by atoms with Crippen molar-refractivity contribution in [2.75, 3.05) is 0 Å². The molecule has 1 aliphatic heterocycles. The van der Waals surface area contributed by atoms with Gasteiger partial charge in [-0.2, -0.15) is 0 Å². The maximum absolute atomic E-state index is 12.5. The van der Waals surface area contributed by atoms with Gasteiger partial charge in [-0.05, 0) is 25.1 Å². The molecule has 0 radical (unpaired) electrons. The third-order valence-corrected chi connectivity index (χ3v) is 4.41. The molecular formula is C21H17NO5. The van der Waals surface area contributed by atoms with E-state index in [2.05, 4.69) is 4.98 Å². The molecule has 1 aromatic carbocycles. The smallest absolute Gasteiger partial charge is 0.343 e. The normalized spacial score (nSPS) is 15.7. The Morgan fingerprint density at radius 3 is 2.78 bits per heavy atom. The lowest BCUT2D eigenvalue weighted by Crippen LogP contribution is -2.27. The molecule has 6 nitrogen and oxygen atoms in total. The molecule has 3 heterocycles. The number of ether oxygens (including phenoxy) is 2. The molecule has 27 heavy (non-hydrogen) atoms. The van der Waals surface area contributed by atoms with Gasteiger partial charge >= 0.3 is 11.6 Å². The Labute approximate surface area is 155 Å². The van der Waals surface area contributed by atoms with Crippen LogP contribution in [0.15, 0.2) is 63.9 Å². The van der Waals surface area contributed by atoms with E-state index >= 15 is 0 Å². The minimum absolute atomic E-state index is 0.0464. The predicted octanol–water partition coefficient (Wildman–Crippen LogP) is 3.36. The van der Waals surface area contributed by atoms with Gasteiger partial charge in [-0.3, -0.25) is 9.78 Å². The summed E-state index contributed by atoms with van der Waals surface area (Å²) in [6.07, 6.45) is 1.75.